The topological polar surface area (TPSA) is 56.8 Å². The van der Waals surface area contributed by atoms with Gasteiger partial charge in [-0.15, -0.1) is 11.3 Å². The third-order valence-electron chi connectivity index (χ3n) is 5.29. The number of aryl methyl sites for hydroxylation is 1. The molecule has 0 unspecified atom stereocenters. The Balaban J connectivity index is 1.67. The van der Waals surface area contributed by atoms with E-state index in [0.29, 0.717) is 0 Å². The van der Waals surface area contributed by atoms with E-state index < -0.39 is 24.4 Å². The Morgan fingerprint density at radius 2 is 1.76 bits per heavy atom. The van der Waals surface area contributed by atoms with E-state index in [1.807, 2.05) is 64.1 Å². The minimum atomic E-state index is -0.531. The number of benzene rings is 1. The fourth-order valence-electron chi connectivity index (χ4n) is 2.86. The molecular weight excluding hydrogens is 385 g/mol. The predicted octanol–water partition coefficient (Wildman–Crippen LogP) is 5.00. The fraction of sp³-hybridized carbons (Fsp3) is 0.409. The standard InChI is InChI=1S/C22H28BNO4S/c1-16-11-12-19(29-16)13-18(23-27-21(2,3)22(4,5)28-23)14-24-20(25)26-15-17-9-7-6-8-10-17/h6-13H,14-15H2,1-5H3,(H,24,25). The van der Waals surface area contributed by atoms with E-state index in [1.54, 1.807) is 11.3 Å². The van der Waals surface area contributed by atoms with E-state index >= 15 is 0 Å². The maximum absolute atomic E-state index is 12.2. The van der Waals surface area contributed by atoms with Crippen molar-refractivity contribution in [2.75, 3.05) is 6.54 Å². The van der Waals surface area contributed by atoms with Crippen molar-refractivity contribution in [3.05, 3.63) is 63.3 Å². The second kappa shape index (κ2) is 8.73. The van der Waals surface area contributed by atoms with E-state index in [9.17, 15) is 4.79 Å². The van der Waals surface area contributed by atoms with Crippen LogP contribution >= 0.6 is 11.3 Å². The van der Waals surface area contributed by atoms with E-state index in [-0.39, 0.29) is 13.2 Å². The van der Waals surface area contributed by atoms with Crippen molar-refractivity contribution in [1.82, 2.24) is 5.32 Å². The van der Waals surface area contributed by atoms with Gasteiger partial charge in [-0.3, -0.25) is 0 Å². The monoisotopic (exact) mass is 413 g/mol. The van der Waals surface area contributed by atoms with Crippen LogP contribution in [-0.4, -0.2) is 31.0 Å². The van der Waals surface area contributed by atoms with Gasteiger partial charge in [-0.1, -0.05) is 30.3 Å². The van der Waals surface area contributed by atoms with E-state index in [1.165, 1.54) is 4.88 Å². The highest BCUT2D eigenvalue weighted by atomic mass is 32.1. The van der Waals surface area contributed by atoms with Gasteiger partial charge in [0.1, 0.15) is 6.61 Å². The average molecular weight is 413 g/mol. The molecule has 29 heavy (non-hydrogen) atoms. The summed E-state index contributed by atoms with van der Waals surface area (Å²) in [6, 6.07) is 13.7. The summed E-state index contributed by atoms with van der Waals surface area (Å²) in [4.78, 5) is 14.5. The first-order valence-electron chi connectivity index (χ1n) is 9.73. The first-order chi connectivity index (χ1) is 13.7. The van der Waals surface area contributed by atoms with Crippen LogP contribution in [0, 0.1) is 6.92 Å². The van der Waals surface area contributed by atoms with Crippen molar-refractivity contribution in [2.45, 2.75) is 52.4 Å². The van der Waals surface area contributed by atoms with Crippen molar-refractivity contribution in [1.29, 1.82) is 0 Å². The third kappa shape index (κ3) is 5.50. The van der Waals surface area contributed by atoms with E-state index in [0.717, 1.165) is 15.9 Å². The highest BCUT2D eigenvalue weighted by Crippen LogP contribution is 2.39. The normalized spacial score (nSPS) is 18.0. The molecule has 1 fully saturated rings. The smallest absolute Gasteiger partial charge is 0.445 e. The van der Waals surface area contributed by atoms with Crippen LogP contribution in [0.1, 0.15) is 43.0 Å². The number of hydrogen-bond acceptors (Lipinski definition) is 5. The summed E-state index contributed by atoms with van der Waals surface area (Å²) in [5.41, 5.74) is 0.895. The molecule has 1 aromatic carbocycles. The number of alkyl carbamates (subject to hydrolysis) is 1. The van der Waals surface area contributed by atoms with Gasteiger partial charge in [0.15, 0.2) is 0 Å². The SMILES string of the molecule is Cc1ccc(C=C(CNC(=O)OCc2ccccc2)B2OC(C)(C)C(C)(C)O2)s1. The molecule has 0 atom stereocenters. The molecule has 1 aliphatic heterocycles. The molecular formula is C22H28BNO4S. The molecule has 0 saturated carbocycles. The van der Waals surface area contributed by atoms with Gasteiger partial charge in [-0.25, -0.2) is 4.79 Å². The Hall–Kier alpha value is -2.09. The highest BCUT2D eigenvalue weighted by molar-refractivity contribution is 7.12. The fourth-order valence-corrected chi connectivity index (χ4v) is 3.71. The largest absolute Gasteiger partial charge is 0.492 e. The van der Waals surface area contributed by atoms with Crippen LogP contribution in [0.5, 0.6) is 0 Å². The summed E-state index contributed by atoms with van der Waals surface area (Å²) in [5, 5.41) is 2.83. The van der Waals surface area contributed by atoms with Crippen LogP contribution < -0.4 is 5.32 Å². The molecule has 1 N–H and O–H groups in total. The van der Waals surface area contributed by atoms with Gasteiger partial charge in [0.05, 0.1) is 11.2 Å². The number of carbonyl (C=O) groups excluding carboxylic acids is 1. The zero-order valence-corrected chi connectivity index (χ0v) is 18.5. The number of hydrogen-bond donors (Lipinski definition) is 1. The van der Waals surface area contributed by atoms with Gasteiger partial charge in [-0.2, -0.15) is 0 Å². The summed E-state index contributed by atoms with van der Waals surface area (Å²) in [6.07, 6.45) is 1.55. The predicted molar refractivity (Wildman–Crippen MR) is 118 cm³/mol. The minimum absolute atomic E-state index is 0.229. The number of rotatable bonds is 6. The van der Waals surface area contributed by atoms with Crippen LogP contribution in [0.15, 0.2) is 47.9 Å². The first kappa shape index (κ1) is 21.6. The highest BCUT2D eigenvalue weighted by Gasteiger charge is 2.52. The maximum atomic E-state index is 12.2. The lowest BCUT2D eigenvalue weighted by Gasteiger charge is -2.32. The van der Waals surface area contributed by atoms with Crippen LogP contribution in [-0.2, 0) is 20.7 Å². The molecule has 1 amide bonds. The molecule has 0 spiro atoms. The van der Waals surface area contributed by atoms with Crippen LogP contribution in [0.3, 0.4) is 0 Å². The quantitative estimate of drug-likeness (QED) is 0.678. The molecule has 0 radical (unpaired) electrons. The molecule has 1 saturated heterocycles. The lowest BCUT2D eigenvalue weighted by atomic mass is 9.77. The number of nitrogens with one attached hydrogen (secondary N) is 1. The van der Waals surface area contributed by atoms with Gasteiger partial charge in [-0.05, 0) is 63.9 Å². The van der Waals surface area contributed by atoms with Crippen molar-refractivity contribution >= 4 is 30.6 Å². The second-order valence-corrected chi connectivity index (χ2v) is 9.49. The molecule has 0 bridgehead atoms. The van der Waals surface area contributed by atoms with Crippen LogP contribution in [0.2, 0.25) is 0 Å². The number of carbonyl (C=O) groups is 1. The Labute approximate surface area is 177 Å². The van der Waals surface area contributed by atoms with Crippen molar-refractivity contribution in [2.24, 2.45) is 0 Å². The average Bonchev–Trinajstić information content (AvgIpc) is 3.17. The zero-order chi connectivity index (χ0) is 21.1. The van der Waals surface area contributed by atoms with Gasteiger partial charge in [0.25, 0.3) is 0 Å². The number of thiophene rings is 1. The summed E-state index contributed by atoms with van der Waals surface area (Å²) in [7, 11) is -0.531. The summed E-state index contributed by atoms with van der Waals surface area (Å²) in [6.45, 7) is 10.6. The molecule has 2 heterocycles. The lowest BCUT2D eigenvalue weighted by molar-refractivity contribution is 0.00578. The molecule has 1 aromatic heterocycles. The van der Waals surface area contributed by atoms with E-state index in [2.05, 4.69) is 24.4 Å². The van der Waals surface area contributed by atoms with Crippen LogP contribution in [0.25, 0.3) is 6.08 Å². The lowest BCUT2D eigenvalue weighted by Crippen LogP contribution is -2.41. The number of amides is 1. The molecule has 5 nitrogen and oxygen atoms in total. The van der Waals surface area contributed by atoms with Gasteiger partial charge in [0.2, 0.25) is 0 Å². The van der Waals surface area contributed by atoms with Crippen molar-refractivity contribution in [3.63, 3.8) is 0 Å². The van der Waals surface area contributed by atoms with Crippen molar-refractivity contribution < 1.29 is 18.8 Å². The van der Waals surface area contributed by atoms with Gasteiger partial charge >= 0.3 is 13.2 Å². The maximum Gasteiger partial charge on any atom is 0.492 e. The van der Waals surface area contributed by atoms with Crippen LogP contribution in [0.4, 0.5) is 4.79 Å². The zero-order valence-electron chi connectivity index (χ0n) is 17.7. The minimum Gasteiger partial charge on any atom is -0.445 e. The Kier molecular flexibility index (Phi) is 6.51. The Morgan fingerprint density at radius 1 is 1.10 bits per heavy atom. The Morgan fingerprint density at radius 3 is 2.34 bits per heavy atom. The molecule has 154 valence electrons. The second-order valence-electron chi connectivity index (χ2n) is 8.17. The summed E-state index contributed by atoms with van der Waals surface area (Å²) in [5.74, 6) is 0. The molecule has 2 aromatic rings. The molecule has 0 aliphatic carbocycles. The summed E-state index contributed by atoms with van der Waals surface area (Å²) >= 11 is 1.68. The molecule has 3 rings (SSSR count). The Bertz CT molecular complexity index is 860. The molecule has 1 aliphatic rings. The van der Waals surface area contributed by atoms with Gasteiger partial charge < -0.3 is 19.4 Å². The molecule has 7 heteroatoms. The van der Waals surface area contributed by atoms with E-state index in [4.69, 9.17) is 14.0 Å². The first-order valence-corrected chi connectivity index (χ1v) is 10.5. The summed E-state index contributed by atoms with van der Waals surface area (Å²) < 4.78 is 17.7. The third-order valence-corrected chi connectivity index (χ3v) is 6.24. The number of ether oxygens (including phenoxy) is 1. The van der Waals surface area contributed by atoms with Gasteiger partial charge in [0, 0.05) is 16.3 Å². The van der Waals surface area contributed by atoms with Crippen molar-refractivity contribution in [3.8, 4) is 0 Å².